The Hall–Kier alpha value is -3.54. The molecule has 5 rings (SSSR count). The molecule has 28 heavy (non-hydrogen) atoms. The second kappa shape index (κ2) is 5.99. The van der Waals surface area contributed by atoms with Crippen LogP contribution in [0.25, 0.3) is 10.9 Å². The van der Waals surface area contributed by atoms with E-state index >= 15 is 0 Å². The zero-order valence-corrected chi connectivity index (χ0v) is 15.6. The molecule has 3 aromatic rings. The molecule has 1 unspecified atom stereocenters. The Morgan fingerprint density at radius 2 is 1.96 bits per heavy atom. The Morgan fingerprint density at radius 3 is 2.68 bits per heavy atom. The highest BCUT2D eigenvalue weighted by molar-refractivity contribution is 6.11. The lowest BCUT2D eigenvalue weighted by atomic mass is 9.84. The lowest BCUT2D eigenvalue weighted by Crippen LogP contribution is -2.33. The number of amides is 2. The third-order valence-electron chi connectivity index (χ3n) is 5.57. The van der Waals surface area contributed by atoms with Crippen LogP contribution >= 0.6 is 0 Å². The van der Waals surface area contributed by atoms with Gasteiger partial charge in [0, 0.05) is 41.3 Å². The third kappa shape index (κ3) is 2.27. The zero-order chi connectivity index (χ0) is 19.4. The summed E-state index contributed by atoms with van der Waals surface area (Å²) >= 11 is 0. The zero-order valence-electron chi connectivity index (χ0n) is 15.6. The quantitative estimate of drug-likeness (QED) is 0.722. The van der Waals surface area contributed by atoms with Crippen LogP contribution in [0.15, 0.2) is 59.9 Å². The number of rotatable bonds is 2. The van der Waals surface area contributed by atoms with Gasteiger partial charge in [0.05, 0.1) is 19.2 Å². The number of aromatic nitrogens is 1. The van der Waals surface area contributed by atoms with Crippen molar-refractivity contribution in [1.82, 2.24) is 9.88 Å². The van der Waals surface area contributed by atoms with E-state index in [1.165, 1.54) is 11.8 Å². The molecular weight excluding hydrogens is 354 g/mol. The average molecular weight is 373 g/mol. The van der Waals surface area contributed by atoms with E-state index in [2.05, 4.69) is 10.3 Å². The predicted octanol–water partition coefficient (Wildman–Crippen LogP) is 3.38. The van der Waals surface area contributed by atoms with E-state index in [9.17, 15) is 9.59 Å². The summed E-state index contributed by atoms with van der Waals surface area (Å²) in [5.74, 6) is -0.00564. The molecule has 0 bridgehead atoms. The highest BCUT2D eigenvalue weighted by Gasteiger charge is 2.41. The maximum Gasteiger partial charge on any atom is 0.259 e. The number of anilines is 1. The molecule has 0 fully saturated rings. The maximum atomic E-state index is 13.2. The molecule has 0 spiro atoms. The smallest absolute Gasteiger partial charge is 0.259 e. The minimum Gasteiger partial charge on any atom is -0.497 e. The van der Waals surface area contributed by atoms with Gasteiger partial charge in [-0.1, -0.05) is 18.2 Å². The van der Waals surface area contributed by atoms with Crippen LogP contribution in [-0.4, -0.2) is 35.4 Å². The van der Waals surface area contributed by atoms with E-state index in [1.54, 1.807) is 7.11 Å². The van der Waals surface area contributed by atoms with Crippen molar-refractivity contribution in [2.45, 2.75) is 12.8 Å². The molecule has 2 amide bonds. The number of nitrogens with zero attached hydrogens (tertiary/aromatic N) is 1. The fourth-order valence-electron chi connectivity index (χ4n) is 4.25. The third-order valence-corrected chi connectivity index (χ3v) is 5.57. The van der Waals surface area contributed by atoms with E-state index in [-0.39, 0.29) is 24.3 Å². The van der Waals surface area contributed by atoms with E-state index in [0.29, 0.717) is 5.57 Å². The summed E-state index contributed by atoms with van der Waals surface area (Å²) in [6.45, 7) is 1.69. The molecule has 6 nitrogen and oxygen atoms in total. The highest BCUT2D eigenvalue weighted by atomic mass is 16.5. The van der Waals surface area contributed by atoms with Gasteiger partial charge >= 0.3 is 0 Å². The minimum absolute atomic E-state index is 0.238. The molecule has 140 valence electrons. The van der Waals surface area contributed by atoms with Crippen LogP contribution in [0.2, 0.25) is 0 Å². The molecule has 2 aromatic carbocycles. The molecule has 1 aromatic heterocycles. The van der Waals surface area contributed by atoms with Gasteiger partial charge in [-0.3, -0.25) is 14.5 Å². The Balaban J connectivity index is 1.76. The molecular formula is C22H19N3O3. The summed E-state index contributed by atoms with van der Waals surface area (Å²) in [5, 5.41) is 4.50. The fraction of sp³-hybridized carbons (Fsp3) is 0.182. The van der Waals surface area contributed by atoms with Crippen LogP contribution in [0.4, 0.5) is 5.69 Å². The maximum absolute atomic E-state index is 13.2. The minimum atomic E-state index is -0.275. The van der Waals surface area contributed by atoms with Crippen molar-refractivity contribution in [2.24, 2.45) is 0 Å². The first-order chi connectivity index (χ1) is 13.6. The predicted molar refractivity (Wildman–Crippen MR) is 106 cm³/mol. The Morgan fingerprint density at radius 1 is 1.18 bits per heavy atom. The van der Waals surface area contributed by atoms with E-state index in [1.807, 2.05) is 48.7 Å². The fourth-order valence-corrected chi connectivity index (χ4v) is 4.25. The van der Waals surface area contributed by atoms with Crippen LogP contribution < -0.4 is 10.1 Å². The number of carbonyl (C=O) groups excluding carboxylic acids is 2. The van der Waals surface area contributed by atoms with Crippen molar-refractivity contribution in [2.75, 3.05) is 19.0 Å². The van der Waals surface area contributed by atoms with Crippen LogP contribution in [0.5, 0.6) is 5.75 Å². The standard InChI is InChI=1S/C22H19N3O3/c1-12(26)25-11-18-21(22(25)27)19(13-6-8-14(28-2)9-7-13)15-10-23-16-4-3-5-17(24-18)20(15)16/h3-10,19,23-24H,11H2,1-2H3. The molecule has 2 N–H and O–H groups in total. The van der Waals surface area contributed by atoms with Crippen molar-refractivity contribution in [3.8, 4) is 5.75 Å². The molecule has 3 heterocycles. The van der Waals surface area contributed by atoms with Gasteiger partial charge in [-0.15, -0.1) is 0 Å². The second-order valence-corrected chi connectivity index (χ2v) is 7.11. The number of ether oxygens (including phenoxy) is 1. The monoisotopic (exact) mass is 373 g/mol. The number of aromatic amines is 1. The summed E-state index contributed by atoms with van der Waals surface area (Å²) < 4.78 is 5.29. The van der Waals surface area contributed by atoms with Gasteiger partial charge < -0.3 is 15.0 Å². The van der Waals surface area contributed by atoms with Crippen molar-refractivity contribution in [1.29, 1.82) is 0 Å². The summed E-state index contributed by atoms with van der Waals surface area (Å²) in [4.78, 5) is 29.8. The number of nitrogens with one attached hydrogen (secondary N) is 2. The first kappa shape index (κ1) is 16.6. The summed E-state index contributed by atoms with van der Waals surface area (Å²) in [6.07, 6.45) is 1.96. The molecule has 6 heteroatoms. The average Bonchev–Trinajstić information content (AvgIpc) is 3.22. The second-order valence-electron chi connectivity index (χ2n) is 7.11. The van der Waals surface area contributed by atoms with Crippen molar-refractivity contribution in [3.63, 3.8) is 0 Å². The number of methoxy groups -OCH3 is 1. The first-order valence-corrected chi connectivity index (χ1v) is 9.15. The topological polar surface area (TPSA) is 74.4 Å². The lowest BCUT2D eigenvalue weighted by molar-refractivity contribution is -0.139. The normalized spacial score (nSPS) is 18.1. The summed E-state index contributed by atoms with van der Waals surface area (Å²) in [5.41, 5.74) is 5.35. The van der Waals surface area contributed by atoms with E-state index < -0.39 is 0 Å². The van der Waals surface area contributed by atoms with Gasteiger partial charge in [-0.25, -0.2) is 0 Å². The Bertz CT molecular complexity index is 1160. The largest absolute Gasteiger partial charge is 0.497 e. The van der Waals surface area contributed by atoms with Gasteiger partial charge in [0.25, 0.3) is 5.91 Å². The summed E-state index contributed by atoms with van der Waals surface area (Å²) in [7, 11) is 1.63. The SMILES string of the molecule is COc1ccc(C2C3=C(CN(C(C)=O)C3=O)Nc3cccc4[nH]cc2c34)cc1. The lowest BCUT2D eigenvalue weighted by Gasteiger charge is -2.19. The van der Waals surface area contributed by atoms with E-state index in [4.69, 9.17) is 4.74 Å². The van der Waals surface area contributed by atoms with Gasteiger partial charge in [-0.05, 0) is 35.4 Å². The van der Waals surface area contributed by atoms with Gasteiger partial charge in [0.2, 0.25) is 5.91 Å². The van der Waals surface area contributed by atoms with E-state index in [0.717, 1.165) is 39.2 Å². The highest BCUT2D eigenvalue weighted by Crippen LogP contribution is 2.45. The van der Waals surface area contributed by atoms with Crippen LogP contribution in [0, 0.1) is 0 Å². The summed E-state index contributed by atoms with van der Waals surface area (Å²) in [6, 6.07) is 13.7. The van der Waals surface area contributed by atoms with Crippen molar-refractivity contribution < 1.29 is 14.3 Å². The molecule has 0 aliphatic carbocycles. The first-order valence-electron chi connectivity index (χ1n) is 9.15. The van der Waals surface area contributed by atoms with Crippen molar-refractivity contribution in [3.05, 3.63) is 71.1 Å². The number of imide groups is 1. The van der Waals surface area contributed by atoms with Crippen LogP contribution in [0.1, 0.15) is 24.0 Å². The van der Waals surface area contributed by atoms with Crippen LogP contribution in [0.3, 0.4) is 0 Å². The number of hydrogen-bond donors (Lipinski definition) is 2. The number of carbonyl (C=O) groups is 2. The molecule has 2 aliphatic heterocycles. The molecule has 0 saturated carbocycles. The number of H-pyrrole nitrogens is 1. The molecule has 2 aliphatic rings. The Kier molecular flexibility index (Phi) is 3.55. The molecule has 1 atom stereocenters. The van der Waals surface area contributed by atoms with Gasteiger partial charge in [0.1, 0.15) is 5.75 Å². The number of benzene rings is 2. The van der Waals surface area contributed by atoms with Crippen LogP contribution in [-0.2, 0) is 9.59 Å². The molecule has 0 saturated heterocycles. The van der Waals surface area contributed by atoms with Gasteiger partial charge in [-0.2, -0.15) is 0 Å². The number of hydrogen-bond acceptors (Lipinski definition) is 4. The van der Waals surface area contributed by atoms with Crippen molar-refractivity contribution >= 4 is 28.4 Å². The Labute approximate surface area is 161 Å². The van der Waals surface area contributed by atoms with Gasteiger partial charge in [0.15, 0.2) is 0 Å². The molecule has 0 radical (unpaired) electrons.